The molecule has 0 saturated heterocycles. The van der Waals surface area contributed by atoms with Crippen LogP contribution >= 0.6 is 0 Å². The summed E-state index contributed by atoms with van der Waals surface area (Å²) in [6.07, 6.45) is 0.370. The van der Waals surface area contributed by atoms with Crippen LogP contribution < -0.4 is 4.72 Å². The van der Waals surface area contributed by atoms with Gasteiger partial charge in [0.1, 0.15) is 5.82 Å². The van der Waals surface area contributed by atoms with Crippen molar-refractivity contribution >= 4 is 27.3 Å². The first-order chi connectivity index (χ1) is 14.8. The van der Waals surface area contributed by atoms with Gasteiger partial charge < -0.3 is 0 Å². The molecule has 1 heterocycles. The Morgan fingerprint density at radius 1 is 1.00 bits per heavy atom. The second-order valence-electron chi connectivity index (χ2n) is 7.15. The van der Waals surface area contributed by atoms with Crippen LogP contribution in [0.4, 0.5) is 10.1 Å². The monoisotopic (exact) mass is 437 g/mol. The molecule has 8 heteroatoms. The fourth-order valence-electron chi connectivity index (χ4n) is 3.53. The molecule has 1 amide bonds. The zero-order valence-electron chi connectivity index (χ0n) is 16.7. The van der Waals surface area contributed by atoms with Gasteiger partial charge in [-0.05, 0) is 35.9 Å². The van der Waals surface area contributed by atoms with Crippen LogP contribution in [0.15, 0.2) is 88.9 Å². The minimum absolute atomic E-state index is 0.146. The van der Waals surface area contributed by atoms with Gasteiger partial charge in [0.2, 0.25) is 5.91 Å². The lowest BCUT2D eigenvalue weighted by Gasteiger charge is -2.20. The number of hydrogen-bond donors (Lipinski definition) is 1. The summed E-state index contributed by atoms with van der Waals surface area (Å²) in [4.78, 5) is 12.4. The van der Waals surface area contributed by atoms with E-state index in [1.807, 2.05) is 0 Å². The van der Waals surface area contributed by atoms with Crippen LogP contribution in [0.3, 0.4) is 0 Å². The molecule has 3 aromatic rings. The molecular weight excluding hydrogens is 417 g/mol. The molecule has 6 nitrogen and oxygen atoms in total. The maximum atomic E-state index is 13.3. The van der Waals surface area contributed by atoms with E-state index in [4.69, 9.17) is 0 Å². The average molecular weight is 437 g/mol. The number of amides is 1. The summed E-state index contributed by atoms with van der Waals surface area (Å²) in [5.41, 5.74) is 2.26. The van der Waals surface area contributed by atoms with E-state index >= 15 is 0 Å². The second-order valence-corrected chi connectivity index (χ2v) is 8.83. The number of nitrogens with one attached hydrogen (secondary N) is 1. The van der Waals surface area contributed by atoms with E-state index in [0.717, 1.165) is 5.56 Å². The number of hydrogen-bond acceptors (Lipinski definition) is 4. The number of nitrogens with zero attached hydrogens (tertiary/aromatic N) is 2. The molecular formula is C23H20FN3O3S. The molecule has 1 aliphatic rings. The summed E-state index contributed by atoms with van der Waals surface area (Å²) in [5.74, 6) is -0.621. The Kier molecular flexibility index (Phi) is 5.56. The maximum absolute atomic E-state index is 13.3. The normalized spacial score (nSPS) is 16.1. The largest absolute Gasteiger partial charge is 0.279 e. The molecule has 0 aliphatic carbocycles. The smallest absolute Gasteiger partial charge is 0.261 e. The van der Waals surface area contributed by atoms with Gasteiger partial charge in [0.25, 0.3) is 10.0 Å². The topological polar surface area (TPSA) is 78.8 Å². The molecule has 0 radical (unpaired) electrons. The van der Waals surface area contributed by atoms with Crippen molar-refractivity contribution < 1.29 is 17.6 Å². The fraction of sp³-hybridized carbons (Fsp3) is 0.130. The summed E-state index contributed by atoms with van der Waals surface area (Å²) in [6, 6.07) is 20.5. The van der Waals surface area contributed by atoms with Gasteiger partial charge in [-0.15, -0.1) is 0 Å². The van der Waals surface area contributed by atoms with Crippen molar-refractivity contribution in [1.82, 2.24) is 5.01 Å². The zero-order valence-corrected chi connectivity index (χ0v) is 17.5. The van der Waals surface area contributed by atoms with Gasteiger partial charge in [-0.2, -0.15) is 5.10 Å². The SMILES string of the molecule is CC(=O)N1N=C(c2ccccc2NS(=O)(=O)c2ccccc2)CC1c1ccc(F)cc1. The Labute approximate surface area is 180 Å². The summed E-state index contributed by atoms with van der Waals surface area (Å²) < 4.78 is 41.6. The van der Waals surface area contributed by atoms with E-state index in [9.17, 15) is 17.6 Å². The Morgan fingerprint density at radius 3 is 2.32 bits per heavy atom. The van der Waals surface area contributed by atoms with Crippen molar-refractivity contribution in [2.75, 3.05) is 4.72 Å². The number of carbonyl (C=O) groups excluding carboxylic acids is 1. The number of halogens is 1. The Bertz CT molecular complexity index is 1240. The third kappa shape index (κ3) is 4.34. The quantitative estimate of drug-likeness (QED) is 0.646. The van der Waals surface area contributed by atoms with Gasteiger partial charge in [-0.1, -0.05) is 48.5 Å². The Balaban J connectivity index is 1.68. The minimum atomic E-state index is -3.79. The van der Waals surface area contributed by atoms with Crippen molar-refractivity contribution in [1.29, 1.82) is 0 Å². The predicted octanol–water partition coefficient (Wildman–Crippen LogP) is 4.32. The molecule has 31 heavy (non-hydrogen) atoms. The molecule has 0 spiro atoms. The summed E-state index contributed by atoms with van der Waals surface area (Å²) in [5, 5.41) is 5.83. The van der Waals surface area contributed by atoms with Crippen molar-refractivity contribution in [2.24, 2.45) is 5.10 Å². The zero-order chi connectivity index (χ0) is 22.0. The number of sulfonamides is 1. The van der Waals surface area contributed by atoms with Gasteiger partial charge in [0.05, 0.1) is 22.3 Å². The van der Waals surface area contributed by atoms with Gasteiger partial charge in [0.15, 0.2) is 0 Å². The van der Waals surface area contributed by atoms with Crippen molar-refractivity contribution in [3.8, 4) is 0 Å². The number of carbonyl (C=O) groups is 1. The van der Waals surface area contributed by atoms with Gasteiger partial charge in [0, 0.05) is 18.9 Å². The lowest BCUT2D eigenvalue weighted by atomic mass is 9.97. The maximum Gasteiger partial charge on any atom is 0.261 e. The highest BCUT2D eigenvalue weighted by atomic mass is 32.2. The summed E-state index contributed by atoms with van der Waals surface area (Å²) >= 11 is 0. The van der Waals surface area contributed by atoms with Crippen molar-refractivity contribution in [3.63, 3.8) is 0 Å². The van der Waals surface area contributed by atoms with E-state index in [1.165, 1.54) is 36.2 Å². The highest BCUT2D eigenvalue weighted by molar-refractivity contribution is 7.92. The molecule has 1 N–H and O–H groups in total. The van der Waals surface area contributed by atoms with E-state index in [2.05, 4.69) is 9.82 Å². The van der Waals surface area contributed by atoms with Gasteiger partial charge in [-0.25, -0.2) is 17.8 Å². The first kappa shape index (κ1) is 20.7. The molecule has 1 unspecified atom stereocenters. The molecule has 0 bridgehead atoms. The van der Waals surface area contributed by atoms with Gasteiger partial charge >= 0.3 is 0 Å². The van der Waals surface area contributed by atoms with Crippen LogP contribution in [-0.4, -0.2) is 25.0 Å². The second kappa shape index (κ2) is 8.31. The molecule has 4 rings (SSSR count). The van der Waals surface area contributed by atoms with Crippen LogP contribution in [0.1, 0.15) is 30.5 Å². The minimum Gasteiger partial charge on any atom is -0.279 e. The lowest BCUT2D eigenvalue weighted by molar-refractivity contribution is -0.130. The number of anilines is 1. The average Bonchev–Trinajstić information content (AvgIpc) is 3.21. The predicted molar refractivity (Wildman–Crippen MR) is 117 cm³/mol. The van der Waals surface area contributed by atoms with E-state index in [-0.39, 0.29) is 16.6 Å². The van der Waals surface area contributed by atoms with E-state index in [0.29, 0.717) is 23.4 Å². The molecule has 1 atom stereocenters. The standard InChI is InChI=1S/C23H20FN3O3S/c1-16(28)27-23(17-11-13-18(24)14-12-17)15-22(25-27)20-9-5-6-10-21(20)26-31(29,30)19-7-3-2-4-8-19/h2-14,23,26H,15H2,1H3. The number of rotatable bonds is 5. The summed E-state index contributed by atoms with van der Waals surface area (Å²) in [7, 11) is -3.79. The third-order valence-electron chi connectivity index (χ3n) is 5.02. The highest BCUT2D eigenvalue weighted by Gasteiger charge is 2.32. The molecule has 0 fully saturated rings. The first-order valence-corrected chi connectivity index (χ1v) is 11.1. The molecule has 3 aromatic carbocycles. The molecule has 0 saturated carbocycles. The Hall–Kier alpha value is -3.52. The third-order valence-corrected chi connectivity index (χ3v) is 6.40. The van der Waals surface area contributed by atoms with Crippen LogP contribution in [0.2, 0.25) is 0 Å². The van der Waals surface area contributed by atoms with Crippen molar-refractivity contribution in [3.05, 3.63) is 95.8 Å². The molecule has 0 aromatic heterocycles. The summed E-state index contributed by atoms with van der Waals surface area (Å²) in [6.45, 7) is 1.41. The number of hydrazone groups is 1. The van der Waals surface area contributed by atoms with E-state index < -0.39 is 16.1 Å². The lowest BCUT2D eigenvalue weighted by Crippen LogP contribution is -2.24. The number of benzene rings is 3. The van der Waals surface area contributed by atoms with Crippen LogP contribution in [0.5, 0.6) is 0 Å². The van der Waals surface area contributed by atoms with Crippen molar-refractivity contribution in [2.45, 2.75) is 24.3 Å². The first-order valence-electron chi connectivity index (χ1n) is 9.65. The number of para-hydroxylation sites is 1. The van der Waals surface area contributed by atoms with Crippen LogP contribution in [0.25, 0.3) is 0 Å². The van der Waals surface area contributed by atoms with Crippen LogP contribution in [-0.2, 0) is 14.8 Å². The molecule has 158 valence electrons. The Morgan fingerprint density at radius 2 is 1.65 bits per heavy atom. The fourth-order valence-corrected chi connectivity index (χ4v) is 4.64. The van der Waals surface area contributed by atoms with Gasteiger partial charge in [-0.3, -0.25) is 9.52 Å². The molecule has 1 aliphatic heterocycles. The van der Waals surface area contributed by atoms with E-state index in [1.54, 1.807) is 54.6 Å². The van der Waals surface area contributed by atoms with Crippen LogP contribution in [0, 0.1) is 5.82 Å². The highest BCUT2D eigenvalue weighted by Crippen LogP contribution is 2.35.